The molecule has 3 heteroatoms. The molecule has 11 aromatic rings. The fourth-order valence-corrected chi connectivity index (χ4v) is 9.47. The molecule has 1 aromatic heterocycles. The summed E-state index contributed by atoms with van der Waals surface area (Å²) in [5.74, 6) is 0. The molecule has 0 radical (unpaired) electrons. The van der Waals surface area contributed by atoms with Gasteiger partial charge in [0.25, 0.3) is 0 Å². The lowest BCUT2D eigenvalue weighted by molar-refractivity contribution is 1.28. The maximum Gasteiger partial charge on any atom is 0.124 e. The van der Waals surface area contributed by atoms with Gasteiger partial charge in [-0.2, -0.15) is 0 Å². The molecule has 10 aromatic carbocycles. The quantitative estimate of drug-likeness (QED) is 0.143. The highest BCUT2D eigenvalue weighted by molar-refractivity contribution is 7.22. The summed E-state index contributed by atoms with van der Waals surface area (Å²) in [4.78, 5) is 7.33. The van der Waals surface area contributed by atoms with Crippen molar-refractivity contribution in [1.29, 1.82) is 0 Å². The molecule has 0 atom stereocenters. The molecule has 11 rings (SSSR count). The van der Waals surface area contributed by atoms with Crippen LogP contribution in [-0.4, -0.2) is 4.98 Å². The Bertz CT molecular complexity index is 3160. The molecular weight excluding hydrogens is 745 g/mol. The van der Waals surface area contributed by atoms with E-state index in [4.69, 9.17) is 4.98 Å². The third-order valence-corrected chi connectivity index (χ3v) is 12.7. The normalized spacial score (nSPS) is 11.3. The van der Waals surface area contributed by atoms with Gasteiger partial charge < -0.3 is 4.90 Å². The Morgan fingerprint density at radius 2 is 0.683 bits per heavy atom. The number of hydrogen-bond donors (Lipinski definition) is 0. The highest BCUT2D eigenvalue weighted by Gasteiger charge is 2.15. The number of rotatable bonds is 8. The minimum Gasteiger partial charge on any atom is -0.311 e. The largest absolute Gasteiger partial charge is 0.311 e. The average Bonchev–Trinajstić information content (AvgIpc) is 3.78. The molecule has 0 saturated carbocycles. The molecule has 0 amide bonds. The van der Waals surface area contributed by atoms with E-state index in [0.29, 0.717) is 0 Å². The summed E-state index contributed by atoms with van der Waals surface area (Å²) in [6.07, 6.45) is 0. The van der Waals surface area contributed by atoms with Crippen LogP contribution in [0, 0.1) is 0 Å². The first kappa shape index (κ1) is 35.6. The minimum absolute atomic E-state index is 1.05. The van der Waals surface area contributed by atoms with Crippen LogP contribution >= 0.6 is 11.3 Å². The number of thiazole rings is 1. The van der Waals surface area contributed by atoms with E-state index in [1.807, 2.05) is 0 Å². The van der Waals surface area contributed by atoms with Crippen LogP contribution in [0.15, 0.2) is 231 Å². The van der Waals surface area contributed by atoms with Gasteiger partial charge in [0.2, 0.25) is 0 Å². The Kier molecular flexibility index (Phi) is 9.07. The summed E-state index contributed by atoms with van der Waals surface area (Å²) >= 11 is 1.77. The first-order valence-electron chi connectivity index (χ1n) is 20.4. The van der Waals surface area contributed by atoms with E-state index in [0.717, 1.165) is 33.1 Å². The lowest BCUT2D eigenvalue weighted by Crippen LogP contribution is -2.09. The maximum atomic E-state index is 4.99. The van der Waals surface area contributed by atoms with Crippen LogP contribution < -0.4 is 4.90 Å². The van der Waals surface area contributed by atoms with Gasteiger partial charge in [0.1, 0.15) is 5.01 Å². The molecule has 0 saturated heterocycles. The molecule has 0 spiro atoms. The van der Waals surface area contributed by atoms with Crippen LogP contribution in [0.4, 0.5) is 17.1 Å². The summed E-state index contributed by atoms with van der Waals surface area (Å²) in [5, 5.41) is 6.07. The molecule has 0 aliphatic carbocycles. The molecular formula is C57H38N2S. The van der Waals surface area contributed by atoms with E-state index in [1.54, 1.807) is 11.3 Å². The van der Waals surface area contributed by atoms with E-state index in [-0.39, 0.29) is 0 Å². The Labute approximate surface area is 353 Å². The maximum absolute atomic E-state index is 4.99. The second-order valence-corrected chi connectivity index (χ2v) is 16.2. The van der Waals surface area contributed by atoms with Crippen LogP contribution in [0.25, 0.3) is 86.8 Å². The Morgan fingerprint density at radius 1 is 0.300 bits per heavy atom. The van der Waals surface area contributed by atoms with Crippen molar-refractivity contribution in [3.05, 3.63) is 231 Å². The SMILES string of the molecule is c1ccc(-c2ccc(N(c3ccc(-c4ccccc4)cc3)c3ccc(-c4ccc(-c5ccc6ccc7c(ccc8nc(-c9ccccc9)sc87)c6c5)cc4)cc3)cc2)cc1. The summed E-state index contributed by atoms with van der Waals surface area (Å²) in [5.41, 5.74) is 15.1. The van der Waals surface area contributed by atoms with Gasteiger partial charge in [-0.25, -0.2) is 4.98 Å². The van der Waals surface area contributed by atoms with Crippen molar-refractivity contribution in [3.8, 4) is 55.1 Å². The highest BCUT2D eigenvalue weighted by Crippen LogP contribution is 2.40. The first-order valence-corrected chi connectivity index (χ1v) is 21.2. The van der Waals surface area contributed by atoms with Gasteiger partial charge in [-0.3, -0.25) is 0 Å². The number of benzene rings is 10. The molecule has 0 aliphatic rings. The van der Waals surface area contributed by atoms with Gasteiger partial charge in [0, 0.05) is 28.0 Å². The predicted molar refractivity (Wildman–Crippen MR) is 256 cm³/mol. The van der Waals surface area contributed by atoms with Gasteiger partial charge in [-0.1, -0.05) is 182 Å². The number of nitrogens with zero attached hydrogens (tertiary/aromatic N) is 2. The second-order valence-electron chi connectivity index (χ2n) is 15.2. The second kappa shape index (κ2) is 15.3. The summed E-state index contributed by atoms with van der Waals surface area (Å²) < 4.78 is 1.24. The third kappa shape index (κ3) is 6.71. The highest BCUT2D eigenvalue weighted by atomic mass is 32.1. The molecule has 282 valence electrons. The van der Waals surface area contributed by atoms with Gasteiger partial charge in [-0.05, 0) is 109 Å². The topological polar surface area (TPSA) is 16.1 Å². The lowest BCUT2D eigenvalue weighted by Gasteiger charge is -2.26. The Balaban J connectivity index is 0.893. The van der Waals surface area contributed by atoms with Crippen LogP contribution in [-0.2, 0) is 0 Å². The van der Waals surface area contributed by atoms with Gasteiger partial charge in [0.15, 0.2) is 0 Å². The molecule has 60 heavy (non-hydrogen) atoms. The van der Waals surface area contributed by atoms with Crippen LogP contribution in [0.1, 0.15) is 0 Å². The van der Waals surface area contributed by atoms with Crippen LogP contribution in [0.2, 0.25) is 0 Å². The molecule has 0 unspecified atom stereocenters. The molecule has 0 bridgehead atoms. The molecule has 2 nitrogen and oxygen atoms in total. The first-order chi connectivity index (χ1) is 29.7. The van der Waals surface area contributed by atoms with E-state index in [9.17, 15) is 0 Å². The van der Waals surface area contributed by atoms with Crippen LogP contribution in [0.3, 0.4) is 0 Å². The van der Waals surface area contributed by atoms with Crippen molar-refractivity contribution < 1.29 is 0 Å². The van der Waals surface area contributed by atoms with Crippen molar-refractivity contribution >= 4 is 60.2 Å². The molecule has 1 heterocycles. The smallest absolute Gasteiger partial charge is 0.124 e. The summed E-state index contributed by atoms with van der Waals surface area (Å²) in [6.45, 7) is 0. The predicted octanol–water partition coefficient (Wildman–Crippen LogP) is 16.4. The van der Waals surface area contributed by atoms with Gasteiger partial charge in [0.05, 0.1) is 10.2 Å². The van der Waals surface area contributed by atoms with Crippen molar-refractivity contribution in [1.82, 2.24) is 4.98 Å². The molecule has 0 fully saturated rings. The monoisotopic (exact) mass is 782 g/mol. The van der Waals surface area contributed by atoms with Crippen molar-refractivity contribution in [2.75, 3.05) is 4.90 Å². The number of hydrogen-bond acceptors (Lipinski definition) is 3. The lowest BCUT2D eigenvalue weighted by atomic mass is 9.95. The average molecular weight is 783 g/mol. The van der Waals surface area contributed by atoms with E-state index in [2.05, 4.69) is 235 Å². The summed E-state index contributed by atoms with van der Waals surface area (Å²) in [6, 6.07) is 83.0. The Hall–Kier alpha value is -7.59. The zero-order valence-corrected chi connectivity index (χ0v) is 33.6. The fourth-order valence-electron chi connectivity index (χ4n) is 8.38. The van der Waals surface area contributed by atoms with Crippen molar-refractivity contribution in [2.24, 2.45) is 0 Å². The fraction of sp³-hybridized carbons (Fsp3) is 0. The van der Waals surface area contributed by atoms with E-state index < -0.39 is 0 Å². The minimum atomic E-state index is 1.05. The number of anilines is 3. The molecule has 0 aliphatic heterocycles. The van der Waals surface area contributed by atoms with E-state index >= 15 is 0 Å². The number of fused-ring (bicyclic) bond motifs is 5. The molecule has 0 N–H and O–H groups in total. The van der Waals surface area contributed by atoms with E-state index in [1.165, 1.54) is 70.8 Å². The number of aromatic nitrogens is 1. The van der Waals surface area contributed by atoms with Crippen molar-refractivity contribution in [2.45, 2.75) is 0 Å². The summed E-state index contributed by atoms with van der Waals surface area (Å²) in [7, 11) is 0. The standard InChI is InChI=1S/C57H38N2S/c1-4-10-39(11-5-1)42-22-29-49(30-23-42)59(50-31-24-43(25-32-50)40-12-6-2-7-13-40)51-33-26-44(27-34-51)41-16-18-45(19-17-41)48-21-20-46-28-35-53-52(54(46)38-48)36-37-55-56(53)60-57(58-55)47-14-8-3-9-15-47/h1-38H. The van der Waals surface area contributed by atoms with Gasteiger partial charge >= 0.3 is 0 Å². The zero-order chi connectivity index (χ0) is 39.8. The van der Waals surface area contributed by atoms with Gasteiger partial charge in [-0.15, -0.1) is 11.3 Å². The van der Waals surface area contributed by atoms with Crippen molar-refractivity contribution in [3.63, 3.8) is 0 Å². The third-order valence-electron chi connectivity index (χ3n) is 11.5. The Morgan fingerprint density at radius 3 is 1.18 bits per heavy atom. The zero-order valence-electron chi connectivity index (χ0n) is 32.7. The van der Waals surface area contributed by atoms with Crippen LogP contribution in [0.5, 0.6) is 0 Å².